The number of carboxylic acids is 1. The summed E-state index contributed by atoms with van der Waals surface area (Å²) >= 11 is 0. The van der Waals surface area contributed by atoms with Crippen LogP contribution >= 0.6 is 0 Å². The van der Waals surface area contributed by atoms with Crippen LogP contribution in [0.25, 0.3) is 0 Å². The molecule has 0 amide bonds. The third-order valence-corrected chi connectivity index (χ3v) is 0.508. The third kappa shape index (κ3) is 2.13. The molecule has 4 nitrogen and oxygen atoms in total. The molecule has 0 radical (unpaired) electrons. The number of aliphatic carboxylic acids is 1. The van der Waals surface area contributed by atoms with Crippen LogP contribution in [-0.4, -0.2) is 28.8 Å². The van der Waals surface area contributed by atoms with Crippen LogP contribution < -0.4 is 5.73 Å². The van der Waals surface area contributed by atoms with Crippen molar-refractivity contribution in [3.05, 3.63) is 0 Å². The highest BCUT2D eigenvalue weighted by Gasteiger charge is 2.07. The van der Waals surface area contributed by atoms with Gasteiger partial charge in [0, 0.05) is 6.54 Å². The maximum Gasteiger partial charge on any atom is 0.333 e. The monoisotopic (exact) mass is 105 g/mol. The van der Waals surface area contributed by atoms with Gasteiger partial charge in [-0.3, -0.25) is 0 Å². The Bertz CT molecular complexity index is 72.6. The van der Waals surface area contributed by atoms with Crippen LogP contribution in [0.4, 0.5) is 0 Å². The zero-order chi connectivity index (χ0) is 5.86. The molecule has 0 saturated carbocycles. The predicted molar refractivity (Wildman–Crippen MR) is 22.7 cm³/mol. The lowest BCUT2D eigenvalue weighted by Gasteiger charge is -1.96. The second kappa shape index (κ2) is 2.54. The van der Waals surface area contributed by atoms with Crippen LogP contribution in [0, 0.1) is 0 Å². The lowest BCUT2D eigenvalue weighted by molar-refractivity contribution is -0.145. The average Bonchev–Trinajstić information content (AvgIpc) is 1.65. The standard InChI is InChI=1S/C3H7NO3/c4-1-2(5)3(6)7/h2,5H,1,4H2,(H,6,7)/t2-/m1/s1. The number of carbonyl (C=O) groups is 1. The van der Waals surface area contributed by atoms with E-state index in [4.69, 9.17) is 15.9 Å². The van der Waals surface area contributed by atoms with Crippen molar-refractivity contribution < 1.29 is 15.0 Å². The van der Waals surface area contributed by atoms with Crippen LogP contribution in [0.1, 0.15) is 0 Å². The fourth-order valence-electron chi connectivity index (χ4n) is 0.101. The van der Waals surface area contributed by atoms with E-state index in [0.29, 0.717) is 0 Å². The molecule has 0 aromatic heterocycles. The van der Waals surface area contributed by atoms with Gasteiger partial charge in [-0.1, -0.05) is 0 Å². The molecule has 0 heterocycles. The number of aliphatic hydroxyl groups excluding tert-OH is 1. The lowest BCUT2D eigenvalue weighted by Crippen LogP contribution is -2.28. The molecular formula is C3H7NO3. The maximum atomic E-state index is 9.60. The molecule has 0 bridgehead atoms. The van der Waals surface area contributed by atoms with Crippen molar-refractivity contribution in [1.29, 1.82) is 0 Å². The molecule has 0 aromatic carbocycles. The molecule has 0 spiro atoms. The van der Waals surface area contributed by atoms with Gasteiger partial charge < -0.3 is 15.9 Å². The van der Waals surface area contributed by atoms with Gasteiger partial charge >= 0.3 is 5.97 Å². The van der Waals surface area contributed by atoms with E-state index < -0.39 is 12.1 Å². The second-order valence-electron chi connectivity index (χ2n) is 1.09. The van der Waals surface area contributed by atoms with Crippen molar-refractivity contribution in [3.63, 3.8) is 0 Å². The summed E-state index contributed by atoms with van der Waals surface area (Å²) in [5.41, 5.74) is 4.74. The highest BCUT2D eigenvalue weighted by Crippen LogP contribution is 1.73. The Hall–Kier alpha value is -0.610. The van der Waals surface area contributed by atoms with Crippen molar-refractivity contribution in [1.82, 2.24) is 0 Å². The van der Waals surface area contributed by atoms with E-state index in [1.165, 1.54) is 0 Å². The van der Waals surface area contributed by atoms with Crippen LogP contribution in [0.5, 0.6) is 0 Å². The van der Waals surface area contributed by atoms with Gasteiger partial charge in [-0.25, -0.2) is 4.79 Å². The molecule has 4 N–H and O–H groups in total. The van der Waals surface area contributed by atoms with Crippen LogP contribution in [0.3, 0.4) is 0 Å². The number of rotatable bonds is 2. The summed E-state index contributed by atoms with van der Waals surface area (Å²) in [6.07, 6.45) is -1.40. The van der Waals surface area contributed by atoms with E-state index in [1.807, 2.05) is 0 Å². The van der Waals surface area contributed by atoms with Gasteiger partial charge in [-0.05, 0) is 0 Å². The van der Waals surface area contributed by atoms with Gasteiger partial charge in [0.25, 0.3) is 0 Å². The number of aliphatic hydroxyl groups is 1. The Morgan fingerprint density at radius 3 is 2.29 bits per heavy atom. The Morgan fingerprint density at radius 1 is 1.86 bits per heavy atom. The zero-order valence-electron chi connectivity index (χ0n) is 3.66. The fraction of sp³-hybridized carbons (Fsp3) is 0.667. The van der Waals surface area contributed by atoms with Gasteiger partial charge in [0.15, 0.2) is 6.10 Å². The number of hydrogen-bond acceptors (Lipinski definition) is 3. The molecular weight excluding hydrogens is 98.0 g/mol. The molecule has 0 aliphatic carbocycles. The molecule has 0 unspecified atom stereocenters. The van der Waals surface area contributed by atoms with E-state index >= 15 is 0 Å². The Labute approximate surface area is 40.6 Å². The molecule has 0 aliphatic rings. The summed E-state index contributed by atoms with van der Waals surface area (Å²) in [7, 11) is 0. The molecule has 4 heteroatoms. The molecule has 0 aromatic rings. The van der Waals surface area contributed by atoms with Crippen molar-refractivity contribution in [2.45, 2.75) is 6.10 Å². The van der Waals surface area contributed by atoms with Gasteiger partial charge in [0.1, 0.15) is 0 Å². The van der Waals surface area contributed by atoms with Crippen molar-refractivity contribution in [2.24, 2.45) is 5.73 Å². The summed E-state index contributed by atoms with van der Waals surface area (Å²) in [4.78, 5) is 9.60. The zero-order valence-corrected chi connectivity index (χ0v) is 3.66. The van der Waals surface area contributed by atoms with E-state index in [2.05, 4.69) is 0 Å². The van der Waals surface area contributed by atoms with Crippen LogP contribution in [-0.2, 0) is 4.79 Å². The summed E-state index contributed by atoms with van der Waals surface area (Å²) < 4.78 is 0. The van der Waals surface area contributed by atoms with E-state index in [1.54, 1.807) is 0 Å². The summed E-state index contributed by atoms with van der Waals surface area (Å²) in [6.45, 7) is -0.227. The van der Waals surface area contributed by atoms with Crippen LogP contribution in [0.2, 0.25) is 0 Å². The minimum Gasteiger partial charge on any atom is -0.479 e. The van der Waals surface area contributed by atoms with Gasteiger partial charge in [-0.2, -0.15) is 0 Å². The summed E-state index contributed by atoms with van der Waals surface area (Å²) in [6, 6.07) is 0. The van der Waals surface area contributed by atoms with Gasteiger partial charge in [0.05, 0.1) is 0 Å². The average molecular weight is 105 g/mol. The van der Waals surface area contributed by atoms with E-state index in [9.17, 15) is 4.79 Å². The predicted octanol–water partition coefficient (Wildman–Crippen LogP) is -1.61. The topological polar surface area (TPSA) is 83.5 Å². The first-order chi connectivity index (χ1) is 3.18. The first-order valence-electron chi connectivity index (χ1n) is 1.79. The highest BCUT2D eigenvalue weighted by molar-refractivity contribution is 5.72. The minimum absolute atomic E-state index is 0.227. The fourth-order valence-corrected chi connectivity index (χ4v) is 0.101. The highest BCUT2D eigenvalue weighted by atomic mass is 16.4. The second-order valence-corrected chi connectivity index (χ2v) is 1.09. The Kier molecular flexibility index (Phi) is 2.32. The SMILES string of the molecule is NC[C@@H](O)C(=O)O. The summed E-state index contributed by atoms with van der Waals surface area (Å²) in [5.74, 6) is -1.28. The van der Waals surface area contributed by atoms with E-state index in [0.717, 1.165) is 0 Å². The van der Waals surface area contributed by atoms with Gasteiger partial charge in [0.2, 0.25) is 0 Å². The lowest BCUT2D eigenvalue weighted by atomic mass is 10.4. The molecule has 42 valence electrons. The van der Waals surface area contributed by atoms with E-state index in [-0.39, 0.29) is 6.54 Å². The van der Waals surface area contributed by atoms with Crippen LogP contribution in [0.15, 0.2) is 0 Å². The third-order valence-electron chi connectivity index (χ3n) is 0.508. The number of carboxylic acid groups (broad SMARTS) is 1. The Morgan fingerprint density at radius 2 is 2.29 bits per heavy atom. The summed E-state index contributed by atoms with van der Waals surface area (Å²) in [5, 5.41) is 16.1. The molecule has 1 atom stereocenters. The molecule has 0 fully saturated rings. The quantitative estimate of drug-likeness (QED) is 0.394. The minimum atomic E-state index is -1.40. The first-order valence-corrected chi connectivity index (χ1v) is 1.79. The Balaban J connectivity index is 3.34. The van der Waals surface area contributed by atoms with Crippen molar-refractivity contribution in [2.75, 3.05) is 6.54 Å². The normalized spacial score (nSPS) is 13.4. The van der Waals surface area contributed by atoms with Crippen molar-refractivity contribution >= 4 is 5.97 Å². The largest absolute Gasteiger partial charge is 0.479 e. The molecule has 0 aliphatic heterocycles. The molecule has 7 heavy (non-hydrogen) atoms. The number of hydrogen-bond donors (Lipinski definition) is 3. The maximum absolute atomic E-state index is 9.60. The van der Waals surface area contributed by atoms with Gasteiger partial charge in [-0.15, -0.1) is 0 Å². The first kappa shape index (κ1) is 6.39. The molecule has 0 rings (SSSR count). The smallest absolute Gasteiger partial charge is 0.333 e. The van der Waals surface area contributed by atoms with Crippen molar-refractivity contribution in [3.8, 4) is 0 Å². The number of nitrogens with two attached hydrogens (primary N) is 1. The molecule has 0 saturated heterocycles.